The molecule has 0 bridgehead atoms. The summed E-state index contributed by atoms with van der Waals surface area (Å²) >= 11 is 0. The van der Waals surface area contributed by atoms with Crippen LogP contribution in [0.1, 0.15) is 45.4 Å². The van der Waals surface area contributed by atoms with Gasteiger partial charge < -0.3 is 10.1 Å². The average molecular weight is 266 g/mol. The van der Waals surface area contributed by atoms with E-state index in [0.717, 1.165) is 24.5 Å². The number of methoxy groups -OCH3 is 1. The molecule has 1 saturated heterocycles. The molecule has 2 saturated carbocycles. The van der Waals surface area contributed by atoms with E-state index in [2.05, 4.69) is 17.1 Å². The number of unbranched alkanes of at least 4 members (excludes halogenated alkanes) is 1. The smallest absolute Gasteiger partial charge is 0.0462 e. The van der Waals surface area contributed by atoms with Crippen LogP contribution in [0.5, 0.6) is 0 Å². The van der Waals surface area contributed by atoms with Gasteiger partial charge in [0, 0.05) is 38.4 Å². The largest absolute Gasteiger partial charge is 0.385 e. The van der Waals surface area contributed by atoms with E-state index in [0.29, 0.717) is 5.54 Å². The van der Waals surface area contributed by atoms with Crippen LogP contribution in [0.25, 0.3) is 0 Å². The Morgan fingerprint density at radius 1 is 1.21 bits per heavy atom. The minimum Gasteiger partial charge on any atom is -0.385 e. The summed E-state index contributed by atoms with van der Waals surface area (Å²) in [7, 11) is 1.81. The molecule has 3 fully saturated rings. The van der Waals surface area contributed by atoms with Crippen LogP contribution in [-0.2, 0) is 4.74 Å². The summed E-state index contributed by atoms with van der Waals surface area (Å²) < 4.78 is 5.18. The molecule has 2 atom stereocenters. The Balaban J connectivity index is 1.56. The van der Waals surface area contributed by atoms with Gasteiger partial charge in [-0.15, -0.1) is 0 Å². The summed E-state index contributed by atoms with van der Waals surface area (Å²) in [5, 5.41) is 3.86. The highest BCUT2D eigenvalue weighted by molar-refractivity contribution is 5.06. The van der Waals surface area contributed by atoms with Gasteiger partial charge in [-0.1, -0.05) is 0 Å². The van der Waals surface area contributed by atoms with Crippen molar-refractivity contribution in [2.45, 2.75) is 57.0 Å². The summed E-state index contributed by atoms with van der Waals surface area (Å²) in [6.07, 6.45) is 8.29. The third-order valence-corrected chi connectivity index (χ3v) is 5.54. The van der Waals surface area contributed by atoms with Crippen LogP contribution in [0, 0.1) is 11.8 Å². The maximum Gasteiger partial charge on any atom is 0.0462 e. The van der Waals surface area contributed by atoms with E-state index in [9.17, 15) is 0 Å². The van der Waals surface area contributed by atoms with Crippen LogP contribution in [-0.4, -0.2) is 49.8 Å². The van der Waals surface area contributed by atoms with Gasteiger partial charge in [-0.3, -0.25) is 4.90 Å². The second-order valence-corrected chi connectivity index (χ2v) is 7.10. The van der Waals surface area contributed by atoms with Crippen LogP contribution in [0.2, 0.25) is 0 Å². The Kier molecular flexibility index (Phi) is 4.16. The number of hydrogen-bond acceptors (Lipinski definition) is 3. The predicted octanol–water partition coefficient (Wildman–Crippen LogP) is 2.27. The second-order valence-electron chi connectivity index (χ2n) is 7.10. The van der Waals surface area contributed by atoms with E-state index in [4.69, 9.17) is 4.74 Å². The lowest BCUT2D eigenvalue weighted by Crippen LogP contribution is -2.65. The molecular weight excluding hydrogens is 236 g/mol. The van der Waals surface area contributed by atoms with E-state index in [1.807, 2.05) is 7.11 Å². The fourth-order valence-corrected chi connectivity index (χ4v) is 3.78. The Hall–Kier alpha value is -0.120. The number of rotatable bonds is 7. The minimum atomic E-state index is 0.429. The monoisotopic (exact) mass is 266 g/mol. The molecule has 0 radical (unpaired) electrons. The SMILES string of the molecule is COCCCCN1CC(C2CC2)NCC1(C)C1CC1. The van der Waals surface area contributed by atoms with Crippen molar-refractivity contribution in [3.63, 3.8) is 0 Å². The molecule has 1 N–H and O–H groups in total. The Morgan fingerprint density at radius 2 is 2.00 bits per heavy atom. The van der Waals surface area contributed by atoms with Crippen molar-refractivity contribution in [1.82, 2.24) is 10.2 Å². The molecule has 110 valence electrons. The van der Waals surface area contributed by atoms with E-state index >= 15 is 0 Å². The van der Waals surface area contributed by atoms with Crippen molar-refractivity contribution < 1.29 is 4.74 Å². The molecule has 3 heteroatoms. The highest BCUT2D eigenvalue weighted by Gasteiger charge is 2.49. The Labute approximate surface area is 118 Å². The number of hydrogen-bond donors (Lipinski definition) is 1. The van der Waals surface area contributed by atoms with Gasteiger partial charge in [0.15, 0.2) is 0 Å². The maximum atomic E-state index is 5.18. The molecule has 0 aromatic carbocycles. The van der Waals surface area contributed by atoms with Crippen LogP contribution >= 0.6 is 0 Å². The molecule has 0 amide bonds. The number of nitrogens with one attached hydrogen (secondary N) is 1. The van der Waals surface area contributed by atoms with Crippen LogP contribution in [0.4, 0.5) is 0 Å². The highest BCUT2D eigenvalue weighted by Crippen LogP contribution is 2.45. The van der Waals surface area contributed by atoms with Gasteiger partial charge in [0.25, 0.3) is 0 Å². The van der Waals surface area contributed by atoms with Gasteiger partial charge in [-0.05, 0) is 63.8 Å². The summed E-state index contributed by atoms with van der Waals surface area (Å²) in [5.74, 6) is 1.92. The molecule has 0 aromatic heterocycles. The summed E-state index contributed by atoms with van der Waals surface area (Å²) in [4.78, 5) is 2.82. The molecule has 2 unspecified atom stereocenters. The summed E-state index contributed by atoms with van der Waals surface area (Å²) in [5.41, 5.74) is 0.429. The maximum absolute atomic E-state index is 5.18. The van der Waals surface area contributed by atoms with Gasteiger partial charge in [-0.25, -0.2) is 0 Å². The van der Waals surface area contributed by atoms with E-state index in [1.165, 1.54) is 58.2 Å². The van der Waals surface area contributed by atoms with E-state index < -0.39 is 0 Å². The zero-order chi connectivity index (χ0) is 13.3. The van der Waals surface area contributed by atoms with Gasteiger partial charge in [-0.2, -0.15) is 0 Å². The zero-order valence-corrected chi connectivity index (χ0v) is 12.7. The fourth-order valence-electron chi connectivity index (χ4n) is 3.78. The first kappa shape index (κ1) is 13.8. The summed E-state index contributed by atoms with van der Waals surface area (Å²) in [6, 6.07) is 0.772. The number of nitrogens with zero attached hydrogens (tertiary/aromatic N) is 1. The van der Waals surface area contributed by atoms with Gasteiger partial charge >= 0.3 is 0 Å². The fraction of sp³-hybridized carbons (Fsp3) is 1.00. The topological polar surface area (TPSA) is 24.5 Å². The first-order chi connectivity index (χ1) is 9.24. The minimum absolute atomic E-state index is 0.429. The van der Waals surface area contributed by atoms with E-state index in [1.54, 1.807) is 0 Å². The van der Waals surface area contributed by atoms with Crippen molar-refractivity contribution in [3.05, 3.63) is 0 Å². The van der Waals surface area contributed by atoms with Crippen molar-refractivity contribution in [2.75, 3.05) is 33.4 Å². The lowest BCUT2D eigenvalue weighted by Gasteiger charge is -2.49. The van der Waals surface area contributed by atoms with Gasteiger partial charge in [0.1, 0.15) is 0 Å². The predicted molar refractivity (Wildman–Crippen MR) is 78.3 cm³/mol. The third-order valence-electron chi connectivity index (χ3n) is 5.54. The van der Waals surface area contributed by atoms with Crippen molar-refractivity contribution >= 4 is 0 Å². The second kappa shape index (κ2) is 5.71. The Morgan fingerprint density at radius 3 is 2.63 bits per heavy atom. The number of piperazine rings is 1. The van der Waals surface area contributed by atoms with Crippen molar-refractivity contribution in [3.8, 4) is 0 Å². The summed E-state index contributed by atoms with van der Waals surface area (Å²) in [6.45, 7) is 7.17. The molecule has 1 aliphatic heterocycles. The molecular formula is C16H30N2O. The van der Waals surface area contributed by atoms with Gasteiger partial charge in [0.05, 0.1) is 0 Å². The van der Waals surface area contributed by atoms with Crippen molar-refractivity contribution in [2.24, 2.45) is 11.8 Å². The molecule has 3 nitrogen and oxygen atoms in total. The first-order valence-electron chi connectivity index (χ1n) is 8.21. The quantitative estimate of drug-likeness (QED) is 0.715. The molecule has 3 aliphatic rings. The van der Waals surface area contributed by atoms with Gasteiger partial charge in [0.2, 0.25) is 0 Å². The number of ether oxygens (including phenoxy) is 1. The lowest BCUT2D eigenvalue weighted by atomic mass is 9.88. The van der Waals surface area contributed by atoms with Crippen LogP contribution in [0.3, 0.4) is 0 Å². The molecule has 19 heavy (non-hydrogen) atoms. The lowest BCUT2D eigenvalue weighted by molar-refractivity contribution is 0.0276. The normalized spacial score (nSPS) is 36.6. The van der Waals surface area contributed by atoms with Crippen molar-refractivity contribution in [1.29, 1.82) is 0 Å². The molecule has 3 rings (SSSR count). The molecule has 0 aromatic rings. The Bertz CT molecular complexity index is 301. The van der Waals surface area contributed by atoms with Crippen LogP contribution < -0.4 is 5.32 Å². The van der Waals surface area contributed by atoms with E-state index in [-0.39, 0.29) is 0 Å². The average Bonchev–Trinajstić information content (AvgIpc) is 3.29. The molecule has 2 aliphatic carbocycles. The molecule has 1 heterocycles. The first-order valence-corrected chi connectivity index (χ1v) is 8.21. The van der Waals surface area contributed by atoms with Crippen LogP contribution in [0.15, 0.2) is 0 Å². The third kappa shape index (κ3) is 3.14. The molecule has 0 spiro atoms. The zero-order valence-electron chi connectivity index (χ0n) is 12.7. The highest BCUT2D eigenvalue weighted by atomic mass is 16.5. The standard InChI is InChI=1S/C16H30N2O/c1-16(14-7-8-14)12-17-15(13-5-6-13)11-18(16)9-3-4-10-19-2/h13-15,17H,3-12H2,1-2H3.